The van der Waals surface area contributed by atoms with E-state index >= 15 is 0 Å². The minimum atomic E-state index is -0.850. The number of fused-ring (bicyclic) bond motifs is 1. The van der Waals surface area contributed by atoms with Crippen LogP contribution in [-0.4, -0.2) is 59.2 Å². The third kappa shape index (κ3) is 2.15. The molecule has 0 amide bonds. The summed E-state index contributed by atoms with van der Waals surface area (Å²) in [5.74, 6) is 0.823. The number of nitrogens with zero attached hydrogens (tertiary/aromatic N) is 1. The first-order valence-corrected chi connectivity index (χ1v) is 11.5. The van der Waals surface area contributed by atoms with Crippen LogP contribution < -0.4 is 4.74 Å². The number of aliphatic hydroxyl groups is 1. The Morgan fingerprint density at radius 2 is 2.10 bits per heavy atom. The van der Waals surface area contributed by atoms with Crippen LogP contribution in [0.15, 0.2) is 24.3 Å². The topological polar surface area (TPSA) is 62.2 Å². The summed E-state index contributed by atoms with van der Waals surface area (Å²) in [4.78, 5) is 2.51. The predicted octanol–water partition coefficient (Wildman–Crippen LogP) is 3.59. The van der Waals surface area contributed by atoms with Gasteiger partial charge in [-0.05, 0) is 57.8 Å². The zero-order chi connectivity index (χ0) is 21.1. The van der Waals surface area contributed by atoms with Crippen molar-refractivity contribution in [2.75, 3.05) is 20.7 Å². The van der Waals surface area contributed by atoms with Crippen LogP contribution >= 0.6 is 12.4 Å². The lowest BCUT2D eigenvalue weighted by molar-refractivity contribution is -0.247. The minimum absolute atomic E-state index is 0. The van der Waals surface area contributed by atoms with Crippen molar-refractivity contribution in [3.05, 3.63) is 35.4 Å². The molecule has 2 fully saturated rings. The number of aromatic hydroxyl groups is 1. The molecule has 5 nitrogen and oxygen atoms in total. The Morgan fingerprint density at radius 1 is 1.32 bits per heavy atom. The predicted molar refractivity (Wildman–Crippen MR) is 121 cm³/mol. The van der Waals surface area contributed by atoms with Crippen molar-refractivity contribution < 1.29 is 19.7 Å². The number of ether oxygens (including phenoxy) is 2. The van der Waals surface area contributed by atoms with Gasteiger partial charge in [-0.3, -0.25) is 0 Å². The van der Waals surface area contributed by atoms with Gasteiger partial charge in [-0.25, -0.2) is 0 Å². The van der Waals surface area contributed by atoms with Crippen LogP contribution in [0.1, 0.15) is 50.7 Å². The number of hydrogen-bond donors (Lipinski definition) is 2. The zero-order valence-corrected chi connectivity index (χ0v) is 19.7. The maximum Gasteiger partial charge on any atom is 0.165 e. The summed E-state index contributed by atoms with van der Waals surface area (Å²) in [6.07, 6.45) is 8.86. The fraction of sp³-hybridized carbons (Fsp3) is 0.680. The summed E-state index contributed by atoms with van der Waals surface area (Å²) in [6, 6.07) is 4.23. The number of benzene rings is 1. The minimum Gasteiger partial charge on any atom is -0.504 e. The highest BCUT2D eigenvalue weighted by molar-refractivity contribution is 5.85. The van der Waals surface area contributed by atoms with Crippen molar-refractivity contribution in [1.82, 2.24) is 4.90 Å². The number of likely N-dealkylation sites (tertiary alicyclic amines) is 1. The SMILES string of the molecule is CCCC(C)(O)C1CC23C=CC1(OC)C1Oc4c(O)ccc5c4[C@@]12CCN(C)[C@@H]3C5.Cl. The normalized spacial score (nSPS) is 43.1. The lowest BCUT2D eigenvalue weighted by Crippen LogP contribution is -2.80. The molecule has 31 heavy (non-hydrogen) atoms. The third-order valence-electron chi connectivity index (χ3n) is 9.58. The molecule has 2 spiro atoms. The molecule has 2 N–H and O–H groups in total. The van der Waals surface area contributed by atoms with Crippen LogP contribution in [0.5, 0.6) is 11.5 Å². The van der Waals surface area contributed by atoms with Crippen molar-refractivity contribution in [3.63, 3.8) is 0 Å². The van der Waals surface area contributed by atoms with Crippen molar-refractivity contribution in [1.29, 1.82) is 0 Å². The Labute approximate surface area is 190 Å². The molecule has 2 heterocycles. The highest BCUT2D eigenvalue weighted by atomic mass is 35.5. The first-order chi connectivity index (χ1) is 14.3. The second kappa shape index (κ2) is 6.40. The first kappa shape index (κ1) is 21.6. The van der Waals surface area contributed by atoms with Gasteiger partial charge in [0, 0.05) is 30.0 Å². The lowest BCUT2D eigenvalue weighted by atomic mass is 9.36. The Hall–Kier alpha value is -1.27. The van der Waals surface area contributed by atoms with E-state index in [1.54, 1.807) is 13.2 Å². The molecule has 6 heteroatoms. The van der Waals surface area contributed by atoms with E-state index in [0.717, 1.165) is 38.6 Å². The average molecular weight is 448 g/mol. The molecule has 4 bridgehead atoms. The van der Waals surface area contributed by atoms with Gasteiger partial charge in [-0.2, -0.15) is 0 Å². The van der Waals surface area contributed by atoms with Gasteiger partial charge in [0.25, 0.3) is 0 Å². The van der Waals surface area contributed by atoms with Crippen LogP contribution in [0, 0.1) is 11.3 Å². The Bertz CT molecular complexity index is 963. The van der Waals surface area contributed by atoms with E-state index in [9.17, 15) is 10.2 Å². The number of phenols is 1. The van der Waals surface area contributed by atoms with E-state index in [1.807, 2.05) is 6.92 Å². The maximum atomic E-state index is 11.7. The summed E-state index contributed by atoms with van der Waals surface area (Å²) >= 11 is 0. The Morgan fingerprint density at radius 3 is 2.81 bits per heavy atom. The first-order valence-electron chi connectivity index (χ1n) is 11.5. The van der Waals surface area contributed by atoms with E-state index in [0.29, 0.717) is 11.8 Å². The van der Waals surface area contributed by atoms with Gasteiger partial charge in [0.15, 0.2) is 11.5 Å². The number of phenolic OH excluding ortho intramolecular Hbond substituents is 1. The highest BCUT2D eigenvalue weighted by Crippen LogP contribution is 2.75. The molecule has 1 aromatic rings. The second-order valence-electron chi connectivity index (χ2n) is 10.7. The molecule has 2 aliphatic heterocycles. The van der Waals surface area contributed by atoms with Crippen LogP contribution in [0.25, 0.3) is 0 Å². The van der Waals surface area contributed by atoms with Gasteiger partial charge >= 0.3 is 0 Å². The third-order valence-corrected chi connectivity index (χ3v) is 9.58. The molecule has 5 unspecified atom stereocenters. The number of hydrogen-bond acceptors (Lipinski definition) is 5. The van der Waals surface area contributed by atoms with E-state index in [4.69, 9.17) is 9.47 Å². The fourth-order valence-corrected chi connectivity index (χ4v) is 8.44. The molecule has 0 radical (unpaired) electrons. The van der Waals surface area contributed by atoms with Crippen LogP contribution in [0.3, 0.4) is 0 Å². The van der Waals surface area contributed by atoms with Gasteiger partial charge in [0.05, 0.1) is 11.0 Å². The smallest absolute Gasteiger partial charge is 0.165 e. The summed E-state index contributed by atoms with van der Waals surface area (Å²) in [5.41, 5.74) is 0.625. The standard InChI is InChI=1S/C25H33NO4.ClH/c1-5-8-22(2,28)17-14-23-9-10-25(17,29-4)21-24(23)11-12-26(3)18(23)13-15-6-7-16(27)20(30-21)19(15)24;/h6-7,9-10,17-18,21,27-28H,5,8,11-14H2,1-4H3;1H/t17?,18-,21?,22?,23?,24+,25?;/m1./s1. The van der Waals surface area contributed by atoms with E-state index in [-0.39, 0.29) is 41.0 Å². The average Bonchev–Trinajstić information content (AvgIpc) is 3.09. The molecule has 7 atom stereocenters. The van der Waals surface area contributed by atoms with Gasteiger partial charge in [-0.1, -0.05) is 31.6 Å². The number of likely N-dealkylation sites (N-methyl/N-ethyl adjacent to an activating group) is 1. The lowest BCUT2D eigenvalue weighted by Gasteiger charge is -2.72. The molecule has 7 rings (SSSR count). The number of halogens is 1. The van der Waals surface area contributed by atoms with E-state index in [1.165, 1.54) is 11.1 Å². The number of piperidine rings is 1. The molecule has 0 aromatic heterocycles. The van der Waals surface area contributed by atoms with Gasteiger partial charge < -0.3 is 24.6 Å². The number of rotatable bonds is 4. The highest BCUT2D eigenvalue weighted by Gasteiger charge is 2.80. The molecular formula is C25H34ClNO4. The van der Waals surface area contributed by atoms with E-state index in [2.05, 4.69) is 37.1 Å². The van der Waals surface area contributed by atoms with Crippen molar-refractivity contribution in [3.8, 4) is 11.5 Å². The molecule has 6 aliphatic rings. The molecular weight excluding hydrogens is 414 g/mol. The quantitative estimate of drug-likeness (QED) is 0.691. The molecule has 1 saturated carbocycles. The maximum absolute atomic E-state index is 11.7. The number of methoxy groups -OCH3 is 1. The summed E-state index contributed by atoms with van der Waals surface area (Å²) in [7, 11) is 4.00. The van der Waals surface area contributed by atoms with Crippen LogP contribution in [-0.2, 0) is 16.6 Å². The summed E-state index contributed by atoms with van der Waals surface area (Å²) in [5, 5.41) is 22.4. The largest absolute Gasteiger partial charge is 0.504 e. The van der Waals surface area contributed by atoms with E-state index < -0.39 is 11.2 Å². The molecule has 4 aliphatic carbocycles. The van der Waals surface area contributed by atoms with Crippen LogP contribution in [0.4, 0.5) is 0 Å². The zero-order valence-electron chi connectivity index (χ0n) is 18.9. The van der Waals surface area contributed by atoms with Crippen molar-refractivity contribution in [2.24, 2.45) is 11.3 Å². The Balaban J connectivity index is 0.00000204. The van der Waals surface area contributed by atoms with Gasteiger partial charge in [-0.15, -0.1) is 12.4 Å². The fourth-order valence-electron chi connectivity index (χ4n) is 8.44. The molecule has 1 saturated heterocycles. The summed E-state index contributed by atoms with van der Waals surface area (Å²) < 4.78 is 13.1. The van der Waals surface area contributed by atoms with Gasteiger partial charge in [0.1, 0.15) is 11.7 Å². The molecule has 1 aromatic carbocycles. The van der Waals surface area contributed by atoms with Crippen molar-refractivity contribution >= 4 is 12.4 Å². The summed E-state index contributed by atoms with van der Waals surface area (Å²) in [6.45, 7) is 5.11. The second-order valence-corrected chi connectivity index (χ2v) is 10.7. The monoisotopic (exact) mass is 447 g/mol. The van der Waals surface area contributed by atoms with Crippen molar-refractivity contribution in [2.45, 2.75) is 74.7 Å². The Kier molecular flexibility index (Phi) is 4.46. The molecule has 170 valence electrons. The van der Waals surface area contributed by atoms with Gasteiger partial charge in [0.2, 0.25) is 0 Å². The van der Waals surface area contributed by atoms with Crippen LogP contribution in [0.2, 0.25) is 0 Å².